The van der Waals surface area contributed by atoms with Gasteiger partial charge in [-0.1, -0.05) is 193 Å². The van der Waals surface area contributed by atoms with Gasteiger partial charge in [0.2, 0.25) is 6.29 Å². The van der Waals surface area contributed by atoms with Crippen molar-refractivity contribution in [2.24, 2.45) is 0 Å². The third-order valence-corrected chi connectivity index (χ3v) is 7.66. The Hall–Kier alpha value is -0.590. The number of carbonyl (C=O) groups excluding carboxylic acids is 1. The third kappa shape index (κ3) is 33.4. The Labute approximate surface area is 222 Å². The lowest BCUT2D eigenvalue weighted by atomic mass is 10.0. The van der Waals surface area contributed by atoms with Gasteiger partial charge in [0.15, 0.2) is 0 Å². The van der Waals surface area contributed by atoms with E-state index in [-0.39, 0.29) is 0 Å². The van der Waals surface area contributed by atoms with E-state index < -0.39 is 0 Å². The summed E-state index contributed by atoms with van der Waals surface area (Å²) in [4.78, 5) is 10.1. The molecule has 0 amide bonds. The zero-order valence-electron chi connectivity index (χ0n) is 24.3. The summed E-state index contributed by atoms with van der Waals surface area (Å²) in [5.41, 5.74) is 0. The molecule has 0 heterocycles. The molecular weight excluding hydrogens is 424 g/mol. The summed E-state index contributed by atoms with van der Waals surface area (Å²) in [6, 6.07) is 0. The van der Waals surface area contributed by atoms with Crippen molar-refractivity contribution in [3.05, 3.63) is 12.2 Å². The first kappa shape index (κ1) is 34.4. The van der Waals surface area contributed by atoms with Gasteiger partial charge in [0.05, 0.1) is 0 Å². The Morgan fingerprint density at radius 3 is 0.829 bits per heavy atom. The van der Waals surface area contributed by atoms with Gasteiger partial charge in [0.1, 0.15) is 0 Å². The Balaban J connectivity index is 3.02. The normalized spacial score (nSPS) is 11.6. The van der Waals surface area contributed by atoms with E-state index in [4.69, 9.17) is 0 Å². The first-order chi connectivity index (χ1) is 17.4. The van der Waals surface area contributed by atoms with Crippen LogP contribution in [0.2, 0.25) is 0 Å². The van der Waals surface area contributed by atoms with Crippen LogP contribution < -0.4 is 0 Å². The molecule has 0 bridgehead atoms. The van der Waals surface area contributed by atoms with Gasteiger partial charge in [0, 0.05) is 0 Å². The van der Waals surface area contributed by atoms with Crippen molar-refractivity contribution in [2.45, 2.75) is 200 Å². The van der Waals surface area contributed by atoms with Crippen molar-refractivity contribution in [1.82, 2.24) is 0 Å². The van der Waals surface area contributed by atoms with Gasteiger partial charge in [-0.15, -0.1) is 0 Å². The van der Waals surface area contributed by atoms with E-state index in [0.29, 0.717) is 0 Å². The maximum Gasteiger partial charge on any atom is 0.225 e. The molecule has 0 aromatic rings. The van der Waals surface area contributed by atoms with Gasteiger partial charge in [-0.25, -0.2) is 0 Å². The molecular formula is C34H65O. The maximum atomic E-state index is 10.1. The van der Waals surface area contributed by atoms with E-state index >= 15 is 0 Å². The number of unbranched alkanes of at least 4 members (excludes halogenated alkanes) is 29. The van der Waals surface area contributed by atoms with Crippen molar-refractivity contribution >= 4 is 6.29 Å². The van der Waals surface area contributed by atoms with Crippen LogP contribution in [0.4, 0.5) is 0 Å². The first-order valence-electron chi connectivity index (χ1n) is 16.4. The molecule has 0 atom stereocenters. The molecule has 0 N–H and O–H groups in total. The topological polar surface area (TPSA) is 17.1 Å². The standard InChI is InChI=1S/C34H65O/c1-2-3-4-5-6-7-8-9-10-11-12-13-14-15-16-17-18-19-20-21-22-23-24-25-26-27-28-29-30-31-32-33-34-35/h32-33H,2-31H2,1H3. The van der Waals surface area contributed by atoms with Crippen LogP contribution in [0.1, 0.15) is 200 Å². The van der Waals surface area contributed by atoms with Crippen LogP contribution in [0.3, 0.4) is 0 Å². The Bertz CT molecular complexity index is 399. The van der Waals surface area contributed by atoms with Crippen molar-refractivity contribution in [1.29, 1.82) is 0 Å². The molecule has 1 heteroatoms. The molecule has 1 nitrogen and oxygen atoms in total. The molecule has 0 saturated heterocycles. The van der Waals surface area contributed by atoms with Crippen LogP contribution in [0.25, 0.3) is 0 Å². The van der Waals surface area contributed by atoms with Crippen LogP contribution in [0.15, 0.2) is 12.2 Å². The molecule has 207 valence electrons. The maximum absolute atomic E-state index is 10.1. The first-order valence-corrected chi connectivity index (χ1v) is 16.4. The molecule has 0 spiro atoms. The van der Waals surface area contributed by atoms with E-state index in [2.05, 4.69) is 6.92 Å². The molecule has 1 radical (unpaired) electrons. The van der Waals surface area contributed by atoms with E-state index in [1.54, 1.807) is 0 Å². The van der Waals surface area contributed by atoms with E-state index in [0.717, 1.165) is 6.42 Å². The minimum atomic E-state index is 1.04. The van der Waals surface area contributed by atoms with Crippen LogP contribution in [0, 0.1) is 0 Å². The minimum Gasteiger partial charge on any atom is -0.286 e. The van der Waals surface area contributed by atoms with Crippen molar-refractivity contribution in [3.8, 4) is 0 Å². The highest BCUT2D eigenvalue weighted by atomic mass is 16.1. The summed E-state index contributed by atoms with van der Waals surface area (Å²) in [5.74, 6) is 0. The summed E-state index contributed by atoms with van der Waals surface area (Å²) in [7, 11) is 0. The van der Waals surface area contributed by atoms with Gasteiger partial charge in [-0.2, -0.15) is 0 Å². The summed E-state index contributed by atoms with van der Waals surface area (Å²) in [6.07, 6.45) is 48.1. The van der Waals surface area contributed by atoms with Crippen LogP contribution >= 0.6 is 0 Å². The molecule has 0 aliphatic carbocycles. The number of allylic oxidation sites excluding steroid dienone is 2. The smallest absolute Gasteiger partial charge is 0.225 e. The second-order valence-corrected chi connectivity index (χ2v) is 11.2. The largest absolute Gasteiger partial charge is 0.286 e. The SMILES string of the molecule is CCCCCCCCCCCCCCCCCCCCCCCCCCCCCCCC=C[C]=O. The van der Waals surface area contributed by atoms with Gasteiger partial charge in [-0.05, 0) is 18.9 Å². The molecule has 0 aliphatic rings. The molecule has 0 aromatic carbocycles. The fourth-order valence-electron chi connectivity index (χ4n) is 5.24. The zero-order valence-corrected chi connectivity index (χ0v) is 24.3. The lowest BCUT2D eigenvalue weighted by Crippen LogP contribution is -1.85. The van der Waals surface area contributed by atoms with Gasteiger partial charge < -0.3 is 0 Å². The second kappa shape index (κ2) is 33.4. The summed E-state index contributed by atoms with van der Waals surface area (Å²) in [5, 5.41) is 0. The Morgan fingerprint density at radius 1 is 0.371 bits per heavy atom. The summed E-state index contributed by atoms with van der Waals surface area (Å²) in [6.45, 7) is 2.30. The van der Waals surface area contributed by atoms with Crippen LogP contribution in [0.5, 0.6) is 0 Å². The molecule has 0 rings (SSSR count). The zero-order chi connectivity index (χ0) is 25.3. The molecule has 0 unspecified atom stereocenters. The monoisotopic (exact) mass is 490 g/mol. The number of hydrogen-bond acceptors (Lipinski definition) is 1. The molecule has 35 heavy (non-hydrogen) atoms. The fourth-order valence-corrected chi connectivity index (χ4v) is 5.24. The van der Waals surface area contributed by atoms with Gasteiger partial charge in [-0.3, -0.25) is 4.79 Å². The Kier molecular flexibility index (Phi) is 32.8. The average molecular weight is 490 g/mol. The van der Waals surface area contributed by atoms with Crippen LogP contribution in [-0.4, -0.2) is 6.29 Å². The Morgan fingerprint density at radius 2 is 0.600 bits per heavy atom. The summed E-state index contributed by atoms with van der Waals surface area (Å²) >= 11 is 0. The lowest BCUT2D eigenvalue weighted by molar-refractivity contribution is 0.513. The second-order valence-electron chi connectivity index (χ2n) is 11.2. The van der Waals surface area contributed by atoms with Crippen molar-refractivity contribution in [2.75, 3.05) is 0 Å². The van der Waals surface area contributed by atoms with Gasteiger partial charge in [0.25, 0.3) is 0 Å². The van der Waals surface area contributed by atoms with Crippen molar-refractivity contribution < 1.29 is 4.79 Å². The summed E-state index contributed by atoms with van der Waals surface area (Å²) < 4.78 is 0. The quantitative estimate of drug-likeness (QED) is 0.0698. The predicted molar refractivity (Wildman–Crippen MR) is 159 cm³/mol. The number of rotatable bonds is 31. The molecule has 0 fully saturated rings. The predicted octanol–water partition coefficient (Wildman–Crippen LogP) is 12.4. The van der Waals surface area contributed by atoms with Crippen molar-refractivity contribution in [3.63, 3.8) is 0 Å². The highest BCUT2D eigenvalue weighted by Crippen LogP contribution is 2.16. The average Bonchev–Trinajstić information content (AvgIpc) is 2.87. The number of hydrogen-bond donors (Lipinski definition) is 0. The lowest BCUT2D eigenvalue weighted by Gasteiger charge is -2.04. The van der Waals surface area contributed by atoms with E-state index in [1.807, 2.05) is 12.4 Å². The molecule has 0 aromatic heterocycles. The van der Waals surface area contributed by atoms with Crippen LogP contribution in [-0.2, 0) is 4.79 Å². The molecule has 0 aliphatic heterocycles. The highest BCUT2D eigenvalue weighted by Gasteiger charge is 1.96. The van der Waals surface area contributed by atoms with E-state index in [1.165, 1.54) is 192 Å². The minimum absolute atomic E-state index is 1.04. The fraction of sp³-hybridized carbons (Fsp3) is 0.912. The molecule has 0 saturated carbocycles. The van der Waals surface area contributed by atoms with Gasteiger partial charge >= 0.3 is 0 Å². The highest BCUT2D eigenvalue weighted by molar-refractivity contribution is 5.65. The van der Waals surface area contributed by atoms with E-state index in [9.17, 15) is 4.79 Å². The third-order valence-electron chi connectivity index (χ3n) is 7.66.